The molecule has 2 rings (SSSR count). The van der Waals surface area contributed by atoms with Gasteiger partial charge in [0.1, 0.15) is 5.69 Å². The van der Waals surface area contributed by atoms with E-state index >= 15 is 0 Å². The van der Waals surface area contributed by atoms with Crippen molar-refractivity contribution in [1.82, 2.24) is 0 Å². The average molecular weight is 348 g/mol. The van der Waals surface area contributed by atoms with E-state index in [-0.39, 0.29) is 23.5 Å². The largest absolute Gasteiger partial charge is 0.366 e. The van der Waals surface area contributed by atoms with Gasteiger partial charge in [-0.15, -0.1) is 0 Å². The molecule has 2 N–H and O–H groups in total. The van der Waals surface area contributed by atoms with Crippen LogP contribution in [0.1, 0.15) is 22.8 Å². The Balaban J connectivity index is 2.56. The normalized spacial score (nSPS) is 10.2. The number of benzene rings is 2. The Morgan fingerprint density at radius 1 is 1.25 bits per heavy atom. The van der Waals surface area contributed by atoms with Gasteiger partial charge in [0, 0.05) is 23.6 Å². The van der Waals surface area contributed by atoms with Crippen LogP contribution in [0.3, 0.4) is 0 Å². The van der Waals surface area contributed by atoms with E-state index in [1.165, 1.54) is 24.0 Å². The van der Waals surface area contributed by atoms with Crippen molar-refractivity contribution in [1.29, 1.82) is 0 Å². The van der Waals surface area contributed by atoms with Crippen LogP contribution in [0, 0.1) is 10.1 Å². The van der Waals surface area contributed by atoms with Crippen molar-refractivity contribution in [3.8, 4) is 0 Å². The van der Waals surface area contributed by atoms with Crippen LogP contribution < -0.4 is 10.6 Å². The molecule has 0 aliphatic rings. The second-order valence-electron chi connectivity index (χ2n) is 5.02. The standard InChI is InChI=1S/C16H14ClN3O4/c1-10(21)19(9-12-4-2-3-5-13(12)17)15-8-11(16(18)22)6-7-14(15)20(23)24/h2-8H,9H2,1H3,(H2,18,22). The maximum absolute atomic E-state index is 12.1. The number of nitrogens with two attached hydrogens (primary N) is 1. The lowest BCUT2D eigenvalue weighted by Gasteiger charge is -2.22. The van der Waals surface area contributed by atoms with Gasteiger partial charge in [-0.1, -0.05) is 29.8 Å². The minimum atomic E-state index is -0.743. The van der Waals surface area contributed by atoms with E-state index in [1.54, 1.807) is 24.3 Å². The minimum Gasteiger partial charge on any atom is -0.366 e. The van der Waals surface area contributed by atoms with Crippen LogP contribution in [0.15, 0.2) is 42.5 Å². The first-order valence-electron chi connectivity index (χ1n) is 6.91. The zero-order chi connectivity index (χ0) is 17.9. The number of hydrogen-bond donors (Lipinski definition) is 1. The van der Waals surface area contributed by atoms with Gasteiger partial charge < -0.3 is 10.6 Å². The summed E-state index contributed by atoms with van der Waals surface area (Å²) in [5, 5.41) is 11.7. The third kappa shape index (κ3) is 3.69. The van der Waals surface area contributed by atoms with Crippen molar-refractivity contribution in [2.45, 2.75) is 13.5 Å². The van der Waals surface area contributed by atoms with E-state index in [2.05, 4.69) is 0 Å². The van der Waals surface area contributed by atoms with Crippen molar-refractivity contribution in [3.05, 3.63) is 68.7 Å². The van der Waals surface area contributed by atoms with Gasteiger partial charge in [0.2, 0.25) is 11.8 Å². The molecule has 2 aromatic rings. The van der Waals surface area contributed by atoms with Crippen LogP contribution >= 0.6 is 11.6 Å². The minimum absolute atomic E-state index is 0.0104. The number of primary amides is 1. The predicted molar refractivity (Wildman–Crippen MR) is 89.9 cm³/mol. The number of nitrogens with zero attached hydrogens (tertiary/aromatic N) is 2. The number of nitro benzene ring substituents is 1. The number of hydrogen-bond acceptors (Lipinski definition) is 4. The second kappa shape index (κ2) is 7.10. The Bertz CT molecular complexity index is 823. The van der Waals surface area contributed by atoms with Crippen LogP contribution in [-0.2, 0) is 11.3 Å². The quantitative estimate of drug-likeness (QED) is 0.662. The molecule has 0 spiro atoms. The second-order valence-corrected chi connectivity index (χ2v) is 5.43. The topological polar surface area (TPSA) is 107 Å². The Kier molecular flexibility index (Phi) is 5.15. The first-order chi connectivity index (χ1) is 11.3. The number of amides is 2. The van der Waals surface area contributed by atoms with Gasteiger partial charge in [0.05, 0.1) is 11.5 Å². The lowest BCUT2D eigenvalue weighted by molar-refractivity contribution is -0.384. The number of anilines is 1. The van der Waals surface area contributed by atoms with Crippen molar-refractivity contribution >= 4 is 34.8 Å². The molecule has 0 aliphatic heterocycles. The first kappa shape index (κ1) is 17.4. The molecule has 0 heterocycles. The van der Waals surface area contributed by atoms with Crippen LogP contribution in [0.25, 0.3) is 0 Å². The van der Waals surface area contributed by atoms with Gasteiger partial charge in [-0.25, -0.2) is 0 Å². The molecular formula is C16H14ClN3O4. The summed E-state index contributed by atoms with van der Waals surface area (Å²) in [6, 6.07) is 10.5. The van der Waals surface area contributed by atoms with Crippen molar-refractivity contribution < 1.29 is 14.5 Å². The monoisotopic (exact) mass is 347 g/mol. The number of halogens is 1. The van der Waals surface area contributed by atoms with E-state index in [0.717, 1.165) is 6.07 Å². The van der Waals surface area contributed by atoms with E-state index in [4.69, 9.17) is 17.3 Å². The molecule has 2 aromatic carbocycles. The third-order valence-electron chi connectivity index (χ3n) is 3.41. The van der Waals surface area contributed by atoms with Crippen molar-refractivity contribution in [2.24, 2.45) is 5.73 Å². The van der Waals surface area contributed by atoms with E-state index in [0.29, 0.717) is 10.6 Å². The Hall–Kier alpha value is -2.93. The van der Waals surface area contributed by atoms with E-state index < -0.39 is 16.7 Å². The third-order valence-corrected chi connectivity index (χ3v) is 3.78. The molecule has 8 heteroatoms. The van der Waals surface area contributed by atoms with Gasteiger partial charge in [0.25, 0.3) is 5.69 Å². The van der Waals surface area contributed by atoms with Crippen LogP contribution in [0.2, 0.25) is 5.02 Å². The smallest absolute Gasteiger partial charge is 0.293 e. The fourth-order valence-electron chi connectivity index (χ4n) is 2.21. The maximum Gasteiger partial charge on any atom is 0.293 e. The average Bonchev–Trinajstić information content (AvgIpc) is 2.53. The lowest BCUT2D eigenvalue weighted by Crippen LogP contribution is -2.29. The summed E-state index contributed by atoms with van der Waals surface area (Å²) in [6.45, 7) is 1.30. The first-order valence-corrected chi connectivity index (χ1v) is 7.29. The van der Waals surface area contributed by atoms with Gasteiger partial charge in [0.15, 0.2) is 0 Å². The molecule has 0 radical (unpaired) electrons. The van der Waals surface area contributed by atoms with Crippen molar-refractivity contribution in [2.75, 3.05) is 4.90 Å². The molecule has 0 aromatic heterocycles. The fourth-order valence-corrected chi connectivity index (χ4v) is 2.41. The molecule has 7 nitrogen and oxygen atoms in total. The number of rotatable bonds is 5. The highest BCUT2D eigenvalue weighted by Crippen LogP contribution is 2.31. The zero-order valence-corrected chi connectivity index (χ0v) is 13.5. The zero-order valence-electron chi connectivity index (χ0n) is 12.7. The Morgan fingerprint density at radius 2 is 1.92 bits per heavy atom. The van der Waals surface area contributed by atoms with Gasteiger partial charge >= 0.3 is 0 Å². The number of carbonyl (C=O) groups excluding carboxylic acids is 2. The highest BCUT2D eigenvalue weighted by molar-refractivity contribution is 6.31. The van der Waals surface area contributed by atoms with Gasteiger partial charge in [-0.2, -0.15) is 0 Å². The fraction of sp³-hybridized carbons (Fsp3) is 0.125. The van der Waals surface area contributed by atoms with Gasteiger partial charge in [-0.3, -0.25) is 19.7 Å². The van der Waals surface area contributed by atoms with E-state index in [1.807, 2.05) is 0 Å². The highest BCUT2D eigenvalue weighted by atomic mass is 35.5. The molecule has 0 atom stereocenters. The Morgan fingerprint density at radius 3 is 2.46 bits per heavy atom. The summed E-state index contributed by atoms with van der Waals surface area (Å²) in [5.74, 6) is -1.17. The molecule has 0 saturated carbocycles. The summed E-state index contributed by atoms with van der Waals surface area (Å²) in [7, 11) is 0. The molecule has 0 saturated heterocycles. The summed E-state index contributed by atoms with van der Waals surface area (Å²) >= 11 is 6.10. The SMILES string of the molecule is CC(=O)N(Cc1ccccc1Cl)c1cc(C(N)=O)ccc1[N+](=O)[O-]. The Labute approximate surface area is 142 Å². The lowest BCUT2D eigenvalue weighted by atomic mass is 10.1. The molecule has 124 valence electrons. The number of nitro groups is 1. The molecule has 24 heavy (non-hydrogen) atoms. The van der Waals surface area contributed by atoms with Crippen LogP contribution in [0.5, 0.6) is 0 Å². The molecule has 0 aliphatic carbocycles. The molecular weight excluding hydrogens is 334 g/mol. The molecule has 2 amide bonds. The van der Waals surface area contributed by atoms with E-state index in [9.17, 15) is 19.7 Å². The molecule has 0 bridgehead atoms. The van der Waals surface area contributed by atoms with Crippen LogP contribution in [-0.4, -0.2) is 16.7 Å². The van der Waals surface area contributed by atoms with Crippen molar-refractivity contribution in [3.63, 3.8) is 0 Å². The summed E-state index contributed by atoms with van der Waals surface area (Å²) in [4.78, 5) is 35.3. The predicted octanol–water partition coefficient (Wildman–Crippen LogP) is 2.90. The summed E-state index contributed by atoms with van der Waals surface area (Å²) < 4.78 is 0. The number of carbonyl (C=O) groups is 2. The summed E-state index contributed by atoms with van der Waals surface area (Å²) in [6.07, 6.45) is 0. The highest BCUT2D eigenvalue weighted by Gasteiger charge is 2.24. The summed E-state index contributed by atoms with van der Waals surface area (Å²) in [5.41, 5.74) is 5.60. The van der Waals surface area contributed by atoms with Gasteiger partial charge in [-0.05, 0) is 23.8 Å². The maximum atomic E-state index is 12.1. The van der Waals surface area contributed by atoms with Crippen LogP contribution in [0.4, 0.5) is 11.4 Å². The molecule has 0 fully saturated rings. The molecule has 0 unspecified atom stereocenters.